The van der Waals surface area contributed by atoms with E-state index in [1.54, 1.807) is 13.8 Å². The van der Waals surface area contributed by atoms with Crippen LogP contribution in [0.5, 0.6) is 0 Å². The van der Waals surface area contributed by atoms with Gasteiger partial charge in [0.2, 0.25) is 0 Å². The maximum Gasteiger partial charge on any atom is 0.317 e. The van der Waals surface area contributed by atoms with Crippen molar-refractivity contribution in [1.82, 2.24) is 0 Å². The summed E-state index contributed by atoms with van der Waals surface area (Å²) in [6.45, 7) is 18.3. The molecule has 5 fully saturated rings. The molecule has 0 bridgehead atoms. The van der Waals surface area contributed by atoms with E-state index < -0.39 is 41.3 Å². The van der Waals surface area contributed by atoms with Crippen molar-refractivity contribution in [3.63, 3.8) is 0 Å². The van der Waals surface area contributed by atoms with Crippen molar-refractivity contribution in [3.8, 4) is 0 Å². The Kier molecular flexibility index (Phi) is 7.95. The van der Waals surface area contributed by atoms with Crippen LogP contribution in [-0.2, 0) is 28.6 Å². The monoisotopic (exact) mass is 620 g/mol. The van der Waals surface area contributed by atoms with Gasteiger partial charge in [0, 0.05) is 18.3 Å². The minimum atomic E-state index is -1.23. The molecule has 4 saturated carbocycles. The third-order valence-corrected chi connectivity index (χ3v) is 14.2. The van der Waals surface area contributed by atoms with Crippen LogP contribution in [0.15, 0.2) is 0 Å². The molecular weight excluding hydrogens is 564 g/mol. The van der Waals surface area contributed by atoms with Gasteiger partial charge < -0.3 is 29.5 Å². The van der Waals surface area contributed by atoms with Gasteiger partial charge in [0.1, 0.15) is 24.2 Å². The molecule has 9 heteroatoms. The van der Waals surface area contributed by atoms with Gasteiger partial charge in [-0.25, -0.2) is 0 Å². The lowest BCUT2D eigenvalue weighted by molar-refractivity contribution is -0.280. The van der Waals surface area contributed by atoms with Crippen molar-refractivity contribution in [1.29, 1.82) is 0 Å². The average Bonchev–Trinajstić information content (AvgIpc) is 3.42. The molecule has 1 aliphatic heterocycles. The van der Waals surface area contributed by atoms with E-state index in [1.165, 1.54) is 6.92 Å². The summed E-state index contributed by atoms with van der Waals surface area (Å²) in [7, 11) is 0. The van der Waals surface area contributed by atoms with Crippen molar-refractivity contribution in [3.05, 3.63) is 0 Å². The number of fused-ring (bicyclic) bond motifs is 5. The van der Waals surface area contributed by atoms with E-state index in [9.17, 15) is 24.6 Å². The van der Waals surface area contributed by atoms with Crippen molar-refractivity contribution in [2.75, 3.05) is 0 Å². The van der Waals surface area contributed by atoms with E-state index in [0.717, 1.165) is 25.7 Å². The molecule has 4 aliphatic carbocycles. The van der Waals surface area contributed by atoms with Gasteiger partial charge in [-0.1, -0.05) is 34.6 Å². The first-order valence-corrected chi connectivity index (χ1v) is 16.8. The molecule has 0 aromatic heterocycles. The molecule has 9 nitrogen and oxygen atoms in total. The lowest BCUT2D eigenvalue weighted by Crippen LogP contribution is -2.70. The highest BCUT2D eigenvalue weighted by Crippen LogP contribution is 2.77. The highest BCUT2D eigenvalue weighted by molar-refractivity contribution is 5.90. The van der Waals surface area contributed by atoms with Crippen LogP contribution in [0, 0.1) is 39.4 Å². The quantitative estimate of drug-likeness (QED) is 0.262. The molecule has 0 amide bonds. The number of rotatable bonds is 6. The predicted molar refractivity (Wildman–Crippen MR) is 162 cm³/mol. The number of hydrogen-bond acceptors (Lipinski definition) is 8. The van der Waals surface area contributed by atoms with E-state index in [0.29, 0.717) is 32.1 Å². The van der Waals surface area contributed by atoms with Crippen LogP contribution >= 0.6 is 0 Å². The van der Waals surface area contributed by atoms with Gasteiger partial charge in [-0.2, -0.15) is 0 Å². The van der Waals surface area contributed by atoms with E-state index in [1.807, 2.05) is 6.92 Å². The maximum absolute atomic E-state index is 12.9. The topological polar surface area (TPSA) is 140 Å². The summed E-state index contributed by atoms with van der Waals surface area (Å²) in [6.07, 6.45) is 4.65. The minimum absolute atomic E-state index is 0.140. The van der Waals surface area contributed by atoms with Crippen LogP contribution in [0.4, 0.5) is 0 Å². The summed E-state index contributed by atoms with van der Waals surface area (Å²) in [5.41, 5.74) is -4.16. The SMILES string of the molecule is CC(=O)OC1CC2C3(C)CCC(OC(=O)CC(=O)O)C(C)(C)C3CCC2(C)C2(C)CCC(O)(C3(C)CCC(C(C)(C)O)O3)C12. The van der Waals surface area contributed by atoms with Gasteiger partial charge in [0.05, 0.1) is 17.3 Å². The van der Waals surface area contributed by atoms with Crippen molar-refractivity contribution < 1.29 is 43.9 Å². The smallest absolute Gasteiger partial charge is 0.317 e. The van der Waals surface area contributed by atoms with Gasteiger partial charge in [-0.05, 0) is 107 Å². The molecule has 0 aromatic rings. The predicted octanol–water partition coefficient (Wildman–Crippen LogP) is 5.42. The lowest BCUT2D eigenvalue weighted by Gasteiger charge is -2.71. The molecule has 1 saturated heterocycles. The number of carboxylic acid groups (broad SMARTS) is 1. The van der Waals surface area contributed by atoms with E-state index in [2.05, 4.69) is 34.6 Å². The van der Waals surface area contributed by atoms with E-state index in [-0.39, 0.29) is 57.6 Å². The standard InChI is InChI=1S/C35H56O9/c1-20(36)42-21-18-23-31(6)13-11-24(43-27(39)19-26(37)38)29(2,3)22(31)10-14-32(23,7)33(8)16-17-35(41,28(21)33)34(9)15-12-25(44-34)30(4,5)40/h21-25,28,40-41H,10-19H2,1-9H3,(H,37,38). The molecule has 5 rings (SSSR count). The van der Waals surface area contributed by atoms with Crippen LogP contribution < -0.4 is 0 Å². The van der Waals surface area contributed by atoms with Crippen molar-refractivity contribution in [2.24, 2.45) is 39.4 Å². The number of aliphatic carboxylic acids is 1. The number of ether oxygens (including phenoxy) is 3. The zero-order valence-electron chi connectivity index (χ0n) is 28.3. The maximum atomic E-state index is 12.9. The molecule has 0 radical (unpaired) electrons. The Labute approximate surface area is 262 Å². The Bertz CT molecular complexity index is 1190. The van der Waals surface area contributed by atoms with Crippen LogP contribution in [0.1, 0.15) is 127 Å². The lowest BCUT2D eigenvalue weighted by atomic mass is 9.35. The third kappa shape index (κ3) is 4.76. The van der Waals surface area contributed by atoms with Gasteiger partial charge in [0.25, 0.3) is 0 Å². The molecule has 1 heterocycles. The fraction of sp³-hybridized carbons (Fsp3) is 0.914. The zero-order chi connectivity index (χ0) is 32.9. The molecule has 250 valence electrons. The minimum Gasteiger partial charge on any atom is -0.481 e. The van der Waals surface area contributed by atoms with Crippen LogP contribution in [0.2, 0.25) is 0 Å². The molecular formula is C35H56O9. The normalized spacial score (nSPS) is 48.1. The number of aliphatic hydroxyl groups is 2. The van der Waals surface area contributed by atoms with Gasteiger partial charge in [-0.15, -0.1) is 0 Å². The first-order valence-electron chi connectivity index (χ1n) is 16.8. The Morgan fingerprint density at radius 1 is 0.864 bits per heavy atom. The average molecular weight is 621 g/mol. The Balaban J connectivity index is 1.51. The third-order valence-electron chi connectivity index (χ3n) is 14.2. The molecule has 3 N–H and O–H groups in total. The zero-order valence-corrected chi connectivity index (χ0v) is 28.3. The summed E-state index contributed by atoms with van der Waals surface area (Å²) in [5.74, 6) is -2.15. The number of hydrogen-bond donors (Lipinski definition) is 3. The summed E-state index contributed by atoms with van der Waals surface area (Å²) >= 11 is 0. The molecule has 5 aliphatic rings. The summed E-state index contributed by atoms with van der Waals surface area (Å²) in [5, 5.41) is 32.8. The highest BCUT2D eigenvalue weighted by atomic mass is 16.6. The van der Waals surface area contributed by atoms with E-state index in [4.69, 9.17) is 19.3 Å². The van der Waals surface area contributed by atoms with Gasteiger partial charge in [-0.3, -0.25) is 14.4 Å². The largest absolute Gasteiger partial charge is 0.481 e. The van der Waals surface area contributed by atoms with Crippen molar-refractivity contribution >= 4 is 17.9 Å². The molecule has 44 heavy (non-hydrogen) atoms. The fourth-order valence-electron chi connectivity index (χ4n) is 11.9. The molecule has 11 unspecified atom stereocenters. The summed E-state index contributed by atoms with van der Waals surface area (Å²) < 4.78 is 18.6. The number of carboxylic acids is 1. The second-order valence-corrected chi connectivity index (χ2v) is 17.2. The summed E-state index contributed by atoms with van der Waals surface area (Å²) in [6, 6.07) is 0. The van der Waals surface area contributed by atoms with Crippen LogP contribution in [-0.4, -0.2) is 68.3 Å². The first-order chi connectivity index (χ1) is 20.0. The number of esters is 2. The summed E-state index contributed by atoms with van der Waals surface area (Å²) in [4.78, 5) is 36.2. The molecule has 0 spiro atoms. The highest BCUT2D eigenvalue weighted by Gasteiger charge is 2.76. The van der Waals surface area contributed by atoms with E-state index >= 15 is 0 Å². The Hall–Kier alpha value is -1.71. The molecule has 0 aromatic carbocycles. The van der Waals surface area contributed by atoms with Crippen molar-refractivity contribution in [2.45, 2.75) is 162 Å². The Morgan fingerprint density at radius 2 is 1.52 bits per heavy atom. The first kappa shape index (κ1) is 33.6. The van der Waals surface area contributed by atoms with Crippen LogP contribution in [0.25, 0.3) is 0 Å². The second-order valence-electron chi connectivity index (χ2n) is 17.2. The molecule has 11 atom stereocenters. The van der Waals surface area contributed by atoms with Crippen LogP contribution in [0.3, 0.4) is 0 Å². The number of carbonyl (C=O) groups is 3. The number of carbonyl (C=O) groups excluding carboxylic acids is 2. The van der Waals surface area contributed by atoms with Gasteiger partial charge in [0.15, 0.2) is 0 Å². The second kappa shape index (κ2) is 10.4. The Morgan fingerprint density at radius 3 is 2.09 bits per heavy atom. The van der Waals surface area contributed by atoms with Gasteiger partial charge >= 0.3 is 17.9 Å². The fourth-order valence-corrected chi connectivity index (χ4v) is 11.9.